The third kappa shape index (κ3) is 2.30. The molecule has 1 aromatic carbocycles. The van der Waals surface area contributed by atoms with E-state index in [1.54, 1.807) is 31.6 Å². The summed E-state index contributed by atoms with van der Waals surface area (Å²) in [5.74, 6) is -0.201. The molecule has 0 amide bonds. The van der Waals surface area contributed by atoms with Crippen molar-refractivity contribution < 1.29 is 4.39 Å². The lowest BCUT2D eigenvalue weighted by Crippen LogP contribution is -1.91. The zero-order chi connectivity index (χ0) is 13.9. The maximum atomic E-state index is 13.4. The lowest BCUT2D eigenvalue weighted by Gasteiger charge is -2.09. The molecule has 3 aromatic rings. The van der Waals surface area contributed by atoms with Crippen LogP contribution in [0.15, 0.2) is 61.1 Å². The Morgan fingerprint density at radius 2 is 1.80 bits per heavy atom. The molecule has 0 aliphatic carbocycles. The molecule has 98 valence electrons. The fourth-order valence-electron chi connectivity index (χ4n) is 2.18. The summed E-state index contributed by atoms with van der Waals surface area (Å²) < 4.78 is 13.4. The van der Waals surface area contributed by atoms with Crippen molar-refractivity contribution in [3.8, 4) is 22.4 Å². The molecule has 20 heavy (non-hydrogen) atoms. The topological polar surface area (TPSA) is 25.8 Å². The number of hydrogen-bond acceptors (Lipinski definition) is 2. The first-order valence-corrected chi connectivity index (χ1v) is 6.37. The summed E-state index contributed by atoms with van der Waals surface area (Å²) in [6.07, 6.45) is 5.28. The number of hydrogen-bond donors (Lipinski definition) is 0. The summed E-state index contributed by atoms with van der Waals surface area (Å²) >= 11 is 0. The molecule has 0 fully saturated rings. The standard InChI is InChI=1S/C17H13FN2/c1-12-10-13(6-7-16(12)18)17-15(5-3-9-20-17)14-4-2-8-19-11-14/h2-11H,1H3. The van der Waals surface area contributed by atoms with Crippen LogP contribution in [0.25, 0.3) is 22.4 Å². The first-order chi connectivity index (χ1) is 9.75. The summed E-state index contributed by atoms with van der Waals surface area (Å²) in [4.78, 5) is 8.59. The van der Waals surface area contributed by atoms with Crippen molar-refractivity contribution in [2.24, 2.45) is 0 Å². The van der Waals surface area contributed by atoms with E-state index < -0.39 is 0 Å². The van der Waals surface area contributed by atoms with Gasteiger partial charge in [-0.1, -0.05) is 12.1 Å². The SMILES string of the molecule is Cc1cc(-c2ncccc2-c2cccnc2)ccc1F. The fraction of sp³-hybridized carbons (Fsp3) is 0.0588. The van der Waals surface area contributed by atoms with Crippen LogP contribution in [0.4, 0.5) is 4.39 Å². The Morgan fingerprint density at radius 3 is 2.55 bits per heavy atom. The first kappa shape index (κ1) is 12.5. The Hall–Kier alpha value is -2.55. The molecular weight excluding hydrogens is 251 g/mol. The second-order valence-electron chi connectivity index (χ2n) is 4.61. The van der Waals surface area contributed by atoms with E-state index in [-0.39, 0.29) is 5.82 Å². The average Bonchev–Trinajstić information content (AvgIpc) is 2.51. The predicted molar refractivity (Wildman–Crippen MR) is 77.6 cm³/mol. The van der Waals surface area contributed by atoms with E-state index in [0.717, 1.165) is 22.4 Å². The highest BCUT2D eigenvalue weighted by molar-refractivity contribution is 5.80. The van der Waals surface area contributed by atoms with Gasteiger partial charge in [-0.3, -0.25) is 9.97 Å². The second kappa shape index (κ2) is 5.21. The van der Waals surface area contributed by atoms with Gasteiger partial charge < -0.3 is 0 Å². The van der Waals surface area contributed by atoms with E-state index in [1.807, 2.05) is 30.3 Å². The molecule has 0 aliphatic heterocycles. The number of rotatable bonds is 2. The van der Waals surface area contributed by atoms with E-state index in [4.69, 9.17) is 0 Å². The summed E-state index contributed by atoms with van der Waals surface area (Å²) in [5.41, 5.74) is 4.35. The van der Waals surface area contributed by atoms with Crippen molar-refractivity contribution in [1.29, 1.82) is 0 Å². The van der Waals surface area contributed by atoms with Gasteiger partial charge in [0.25, 0.3) is 0 Å². The van der Waals surface area contributed by atoms with Gasteiger partial charge in [0.1, 0.15) is 5.82 Å². The third-order valence-corrected chi connectivity index (χ3v) is 3.21. The minimum atomic E-state index is -0.201. The molecule has 0 saturated carbocycles. The molecule has 0 unspecified atom stereocenters. The van der Waals surface area contributed by atoms with Crippen LogP contribution in [-0.4, -0.2) is 9.97 Å². The van der Waals surface area contributed by atoms with Crippen LogP contribution < -0.4 is 0 Å². The van der Waals surface area contributed by atoms with Crippen LogP contribution in [0.5, 0.6) is 0 Å². The number of aryl methyl sites for hydroxylation is 1. The summed E-state index contributed by atoms with van der Waals surface area (Å²) in [6, 6.07) is 12.8. The predicted octanol–water partition coefficient (Wildman–Crippen LogP) is 4.26. The van der Waals surface area contributed by atoms with Gasteiger partial charge in [-0.2, -0.15) is 0 Å². The first-order valence-electron chi connectivity index (χ1n) is 6.37. The molecule has 0 saturated heterocycles. The van der Waals surface area contributed by atoms with E-state index in [2.05, 4.69) is 9.97 Å². The minimum absolute atomic E-state index is 0.201. The van der Waals surface area contributed by atoms with Gasteiger partial charge in [-0.25, -0.2) is 4.39 Å². The van der Waals surface area contributed by atoms with E-state index in [0.29, 0.717) is 5.56 Å². The highest BCUT2D eigenvalue weighted by Gasteiger charge is 2.09. The van der Waals surface area contributed by atoms with E-state index in [9.17, 15) is 4.39 Å². The van der Waals surface area contributed by atoms with Crippen molar-refractivity contribution in [3.05, 3.63) is 72.4 Å². The number of benzene rings is 1. The van der Waals surface area contributed by atoms with E-state index >= 15 is 0 Å². The van der Waals surface area contributed by atoms with Gasteiger partial charge in [0.05, 0.1) is 5.69 Å². The molecule has 2 heterocycles. The molecule has 0 aliphatic rings. The Balaban J connectivity index is 2.17. The lowest BCUT2D eigenvalue weighted by atomic mass is 9.99. The Morgan fingerprint density at radius 1 is 0.950 bits per heavy atom. The summed E-state index contributed by atoms with van der Waals surface area (Å²) in [7, 11) is 0. The summed E-state index contributed by atoms with van der Waals surface area (Å²) in [6.45, 7) is 1.76. The van der Waals surface area contributed by atoms with Gasteiger partial charge in [-0.05, 0) is 42.8 Å². The van der Waals surface area contributed by atoms with Crippen molar-refractivity contribution in [3.63, 3.8) is 0 Å². The molecule has 2 aromatic heterocycles. The smallest absolute Gasteiger partial charge is 0.126 e. The fourth-order valence-corrected chi connectivity index (χ4v) is 2.18. The van der Waals surface area contributed by atoms with Crippen LogP contribution in [0.3, 0.4) is 0 Å². The zero-order valence-electron chi connectivity index (χ0n) is 11.0. The van der Waals surface area contributed by atoms with Crippen LogP contribution in [0, 0.1) is 12.7 Å². The Bertz CT molecular complexity index is 739. The zero-order valence-corrected chi connectivity index (χ0v) is 11.0. The van der Waals surface area contributed by atoms with Gasteiger partial charge in [0.15, 0.2) is 0 Å². The maximum Gasteiger partial charge on any atom is 0.126 e. The van der Waals surface area contributed by atoms with Crippen molar-refractivity contribution in [2.45, 2.75) is 6.92 Å². The van der Waals surface area contributed by atoms with E-state index in [1.165, 1.54) is 6.07 Å². The Kier molecular flexibility index (Phi) is 3.25. The van der Waals surface area contributed by atoms with Gasteiger partial charge in [-0.15, -0.1) is 0 Å². The number of nitrogens with zero attached hydrogens (tertiary/aromatic N) is 2. The molecule has 0 N–H and O–H groups in total. The maximum absolute atomic E-state index is 13.4. The summed E-state index contributed by atoms with van der Waals surface area (Å²) in [5, 5.41) is 0. The highest BCUT2D eigenvalue weighted by Crippen LogP contribution is 2.30. The lowest BCUT2D eigenvalue weighted by molar-refractivity contribution is 0.619. The average molecular weight is 264 g/mol. The van der Waals surface area contributed by atoms with Crippen molar-refractivity contribution >= 4 is 0 Å². The molecule has 3 rings (SSSR count). The van der Waals surface area contributed by atoms with Crippen LogP contribution >= 0.6 is 0 Å². The van der Waals surface area contributed by atoms with Crippen LogP contribution in [-0.2, 0) is 0 Å². The molecule has 0 bridgehead atoms. The molecule has 3 heteroatoms. The monoisotopic (exact) mass is 264 g/mol. The normalized spacial score (nSPS) is 10.5. The molecular formula is C17H13FN2. The van der Waals surface area contributed by atoms with Crippen LogP contribution in [0.1, 0.15) is 5.56 Å². The Labute approximate surface area is 117 Å². The van der Waals surface area contributed by atoms with Crippen molar-refractivity contribution in [2.75, 3.05) is 0 Å². The van der Waals surface area contributed by atoms with Gasteiger partial charge in [0, 0.05) is 35.3 Å². The molecule has 0 spiro atoms. The highest BCUT2D eigenvalue weighted by atomic mass is 19.1. The van der Waals surface area contributed by atoms with Crippen molar-refractivity contribution in [1.82, 2.24) is 9.97 Å². The van der Waals surface area contributed by atoms with Gasteiger partial charge >= 0.3 is 0 Å². The number of pyridine rings is 2. The van der Waals surface area contributed by atoms with Crippen LogP contribution in [0.2, 0.25) is 0 Å². The molecule has 0 radical (unpaired) electrons. The number of halogens is 1. The second-order valence-corrected chi connectivity index (χ2v) is 4.61. The molecule has 0 atom stereocenters. The number of aromatic nitrogens is 2. The quantitative estimate of drug-likeness (QED) is 0.691. The largest absolute Gasteiger partial charge is 0.264 e. The van der Waals surface area contributed by atoms with Gasteiger partial charge in [0.2, 0.25) is 0 Å². The molecule has 2 nitrogen and oxygen atoms in total. The third-order valence-electron chi connectivity index (χ3n) is 3.21. The minimum Gasteiger partial charge on any atom is -0.264 e.